The zero-order chi connectivity index (χ0) is 11.8. The number of nitrogens with two attached hydrogens (primary N) is 1. The molecule has 0 aliphatic carbocycles. The molecule has 1 aliphatic heterocycles. The largest absolute Gasteiger partial charge is 0.375 e. The molecule has 1 fully saturated rings. The molecule has 0 bridgehead atoms. The van der Waals surface area contributed by atoms with Crippen LogP contribution in [0.25, 0.3) is 10.3 Å². The third-order valence-electron chi connectivity index (χ3n) is 2.72. The highest BCUT2D eigenvalue weighted by Crippen LogP contribution is 2.24. The molecule has 0 spiro atoms. The van der Waals surface area contributed by atoms with Crippen molar-refractivity contribution in [1.29, 1.82) is 0 Å². The van der Waals surface area contributed by atoms with Crippen molar-refractivity contribution in [3.63, 3.8) is 0 Å². The molecule has 1 aliphatic rings. The molecule has 3 rings (SSSR count). The quantitative estimate of drug-likeness (QED) is 0.820. The van der Waals surface area contributed by atoms with E-state index in [1.54, 1.807) is 11.1 Å². The first-order chi connectivity index (χ1) is 8.24. The Labute approximate surface area is 101 Å². The highest BCUT2D eigenvalue weighted by Gasteiger charge is 2.22. The number of piperidine rings is 1. The Morgan fingerprint density at radius 1 is 1.35 bits per heavy atom. The lowest BCUT2D eigenvalue weighted by atomic mass is 10.1. The van der Waals surface area contributed by atoms with Gasteiger partial charge in [-0.2, -0.15) is 4.98 Å². The SMILES string of the molecule is Nc1nc2cnc(N3CCCCC3=O)nc2s1. The maximum atomic E-state index is 11.7. The Morgan fingerprint density at radius 3 is 3.06 bits per heavy atom. The first-order valence-electron chi connectivity index (χ1n) is 5.43. The predicted octanol–water partition coefficient (Wildman–Crippen LogP) is 1.19. The van der Waals surface area contributed by atoms with Crippen molar-refractivity contribution >= 4 is 38.7 Å². The summed E-state index contributed by atoms with van der Waals surface area (Å²) in [6.07, 6.45) is 4.14. The highest BCUT2D eigenvalue weighted by molar-refractivity contribution is 7.21. The predicted molar refractivity (Wildman–Crippen MR) is 65.8 cm³/mol. The van der Waals surface area contributed by atoms with Crippen LogP contribution in [-0.4, -0.2) is 27.4 Å². The molecule has 1 amide bonds. The van der Waals surface area contributed by atoms with Gasteiger partial charge < -0.3 is 5.73 Å². The molecule has 3 heterocycles. The number of carbonyl (C=O) groups excluding carboxylic acids is 1. The molecule has 0 unspecified atom stereocenters. The van der Waals surface area contributed by atoms with Crippen molar-refractivity contribution < 1.29 is 4.79 Å². The van der Waals surface area contributed by atoms with E-state index in [9.17, 15) is 4.79 Å². The van der Waals surface area contributed by atoms with Crippen molar-refractivity contribution in [2.75, 3.05) is 17.2 Å². The van der Waals surface area contributed by atoms with Gasteiger partial charge in [-0.15, -0.1) is 0 Å². The highest BCUT2D eigenvalue weighted by atomic mass is 32.1. The van der Waals surface area contributed by atoms with E-state index < -0.39 is 0 Å². The monoisotopic (exact) mass is 249 g/mol. The van der Waals surface area contributed by atoms with Crippen LogP contribution in [0.3, 0.4) is 0 Å². The van der Waals surface area contributed by atoms with Crippen LogP contribution in [0.2, 0.25) is 0 Å². The van der Waals surface area contributed by atoms with Gasteiger partial charge in [-0.05, 0) is 12.8 Å². The fraction of sp³-hybridized carbons (Fsp3) is 0.400. The molecule has 0 radical (unpaired) electrons. The zero-order valence-electron chi connectivity index (χ0n) is 9.09. The van der Waals surface area contributed by atoms with Crippen molar-refractivity contribution in [1.82, 2.24) is 15.0 Å². The molecular formula is C10H11N5OS. The Bertz CT molecular complexity index is 581. The summed E-state index contributed by atoms with van der Waals surface area (Å²) in [5.74, 6) is 0.555. The second kappa shape index (κ2) is 3.92. The van der Waals surface area contributed by atoms with Crippen molar-refractivity contribution in [3.05, 3.63) is 6.20 Å². The molecule has 0 saturated carbocycles. The average molecular weight is 249 g/mol. The lowest BCUT2D eigenvalue weighted by Crippen LogP contribution is -2.36. The van der Waals surface area contributed by atoms with E-state index in [1.165, 1.54) is 11.3 Å². The number of nitrogens with zero attached hydrogens (tertiary/aromatic N) is 4. The van der Waals surface area contributed by atoms with Gasteiger partial charge in [-0.25, -0.2) is 9.97 Å². The molecule has 0 atom stereocenters. The summed E-state index contributed by atoms with van der Waals surface area (Å²) < 4.78 is 0. The number of fused-ring (bicyclic) bond motifs is 1. The summed E-state index contributed by atoms with van der Waals surface area (Å²) in [4.78, 5) is 26.7. The number of carbonyl (C=O) groups is 1. The number of aromatic nitrogens is 3. The lowest BCUT2D eigenvalue weighted by molar-refractivity contribution is -0.119. The van der Waals surface area contributed by atoms with Crippen LogP contribution in [0.1, 0.15) is 19.3 Å². The van der Waals surface area contributed by atoms with Gasteiger partial charge in [0.1, 0.15) is 5.52 Å². The smallest absolute Gasteiger partial charge is 0.233 e. The average Bonchev–Trinajstić information content (AvgIpc) is 2.68. The minimum Gasteiger partial charge on any atom is -0.375 e. The lowest BCUT2D eigenvalue weighted by Gasteiger charge is -2.24. The fourth-order valence-corrected chi connectivity index (χ4v) is 2.56. The number of hydrogen-bond donors (Lipinski definition) is 1. The summed E-state index contributed by atoms with van der Waals surface area (Å²) in [6.45, 7) is 0.693. The summed E-state index contributed by atoms with van der Waals surface area (Å²) in [7, 11) is 0. The number of amides is 1. The van der Waals surface area contributed by atoms with Crippen LogP contribution in [0.15, 0.2) is 6.20 Å². The van der Waals surface area contributed by atoms with Crippen molar-refractivity contribution in [3.8, 4) is 0 Å². The summed E-state index contributed by atoms with van der Waals surface area (Å²) in [5.41, 5.74) is 6.29. The van der Waals surface area contributed by atoms with Gasteiger partial charge in [0.05, 0.1) is 6.20 Å². The van der Waals surface area contributed by atoms with Crippen molar-refractivity contribution in [2.24, 2.45) is 0 Å². The van der Waals surface area contributed by atoms with E-state index in [-0.39, 0.29) is 5.91 Å². The Kier molecular flexibility index (Phi) is 2.40. The van der Waals surface area contributed by atoms with Gasteiger partial charge in [0.25, 0.3) is 0 Å². The van der Waals surface area contributed by atoms with E-state index >= 15 is 0 Å². The minimum atomic E-state index is 0.0908. The zero-order valence-corrected chi connectivity index (χ0v) is 9.90. The summed E-state index contributed by atoms with van der Waals surface area (Å²) in [6, 6.07) is 0. The molecule has 88 valence electrons. The Balaban J connectivity index is 2.01. The van der Waals surface area contributed by atoms with Crippen molar-refractivity contribution in [2.45, 2.75) is 19.3 Å². The van der Waals surface area contributed by atoms with Crippen LogP contribution in [0.4, 0.5) is 11.1 Å². The molecule has 17 heavy (non-hydrogen) atoms. The standard InChI is InChI=1S/C10H11N5OS/c11-9-13-6-5-12-10(14-8(6)17-9)15-4-2-1-3-7(15)16/h5H,1-4H2,(H2,11,13). The van der Waals surface area contributed by atoms with Crippen LogP contribution in [0.5, 0.6) is 0 Å². The Morgan fingerprint density at radius 2 is 2.24 bits per heavy atom. The molecule has 1 saturated heterocycles. The van der Waals surface area contributed by atoms with Gasteiger partial charge in [0.2, 0.25) is 11.9 Å². The number of thiazole rings is 1. The third kappa shape index (κ3) is 1.82. The number of anilines is 2. The Hall–Kier alpha value is -1.76. The first-order valence-corrected chi connectivity index (χ1v) is 6.25. The van der Waals surface area contributed by atoms with Crippen LogP contribution < -0.4 is 10.6 Å². The maximum Gasteiger partial charge on any atom is 0.233 e. The fourth-order valence-electron chi connectivity index (χ4n) is 1.89. The van der Waals surface area contributed by atoms with Gasteiger partial charge >= 0.3 is 0 Å². The van der Waals surface area contributed by atoms with Crippen LogP contribution >= 0.6 is 11.3 Å². The summed E-state index contributed by atoms with van der Waals surface area (Å²) >= 11 is 1.31. The summed E-state index contributed by atoms with van der Waals surface area (Å²) in [5, 5.41) is 0.469. The van der Waals surface area contributed by atoms with E-state index in [0.717, 1.165) is 17.7 Å². The van der Waals surface area contributed by atoms with Crippen LogP contribution in [-0.2, 0) is 4.79 Å². The number of rotatable bonds is 1. The molecule has 0 aromatic carbocycles. The first kappa shape index (κ1) is 10.4. The van der Waals surface area contributed by atoms with E-state index in [1.807, 2.05) is 0 Å². The van der Waals surface area contributed by atoms with E-state index in [4.69, 9.17) is 5.73 Å². The van der Waals surface area contributed by atoms with Crippen LogP contribution in [0, 0.1) is 0 Å². The molecule has 7 heteroatoms. The normalized spacial score (nSPS) is 16.7. The molecule has 2 aromatic heterocycles. The topological polar surface area (TPSA) is 85.0 Å². The number of nitrogen functional groups attached to an aromatic ring is 1. The van der Waals surface area contributed by atoms with Gasteiger partial charge in [-0.1, -0.05) is 11.3 Å². The minimum absolute atomic E-state index is 0.0908. The third-order valence-corrected chi connectivity index (χ3v) is 3.51. The molecular weight excluding hydrogens is 238 g/mol. The van der Waals surface area contributed by atoms with Gasteiger partial charge in [-0.3, -0.25) is 9.69 Å². The molecule has 2 N–H and O–H groups in total. The molecule has 6 nitrogen and oxygen atoms in total. The van der Waals surface area contributed by atoms with E-state index in [2.05, 4.69) is 15.0 Å². The van der Waals surface area contributed by atoms with Gasteiger partial charge in [0.15, 0.2) is 9.96 Å². The molecule has 2 aromatic rings. The van der Waals surface area contributed by atoms with E-state index in [0.29, 0.717) is 29.6 Å². The van der Waals surface area contributed by atoms with Gasteiger partial charge in [0, 0.05) is 13.0 Å². The second-order valence-electron chi connectivity index (χ2n) is 3.91. The number of hydrogen-bond acceptors (Lipinski definition) is 6. The second-order valence-corrected chi connectivity index (χ2v) is 4.92. The maximum absolute atomic E-state index is 11.7.